The minimum Gasteiger partial charge on any atom is -0.351 e. The number of aromatic amines is 1. The van der Waals surface area contributed by atoms with E-state index in [1.807, 2.05) is 36.4 Å². The lowest BCUT2D eigenvalue weighted by atomic mass is 10.1. The van der Waals surface area contributed by atoms with Crippen LogP contribution in [0.5, 0.6) is 0 Å². The maximum atomic E-state index is 12.2. The number of hydrogen-bond acceptors (Lipinski definition) is 2. The van der Waals surface area contributed by atoms with Gasteiger partial charge >= 0.3 is 0 Å². The Morgan fingerprint density at radius 1 is 0.958 bits per heavy atom. The molecular formula is C20H20N2O2. The molecule has 2 aromatic carbocycles. The highest BCUT2D eigenvalue weighted by Gasteiger charge is 2.08. The summed E-state index contributed by atoms with van der Waals surface area (Å²) in [6.45, 7) is 0.598. The van der Waals surface area contributed by atoms with Crippen molar-refractivity contribution in [3.63, 3.8) is 0 Å². The predicted molar refractivity (Wildman–Crippen MR) is 96.3 cm³/mol. The average Bonchev–Trinajstić information content (AvgIpc) is 2.62. The van der Waals surface area contributed by atoms with E-state index in [1.54, 1.807) is 12.1 Å². The first-order valence-corrected chi connectivity index (χ1v) is 8.18. The maximum absolute atomic E-state index is 12.2. The molecule has 0 fully saturated rings. The number of nitrogens with one attached hydrogen (secondary N) is 2. The molecule has 2 N–H and O–H groups in total. The number of H-pyrrole nitrogens is 1. The summed E-state index contributed by atoms with van der Waals surface area (Å²) in [6.07, 6.45) is 2.92. The van der Waals surface area contributed by atoms with Crippen LogP contribution in [-0.2, 0) is 6.42 Å². The van der Waals surface area contributed by atoms with Gasteiger partial charge in [0.2, 0.25) is 0 Å². The molecule has 0 saturated carbocycles. The van der Waals surface area contributed by atoms with Gasteiger partial charge in [-0.05, 0) is 42.3 Å². The van der Waals surface area contributed by atoms with Crippen LogP contribution in [0.4, 0.5) is 0 Å². The van der Waals surface area contributed by atoms with Gasteiger partial charge in [0.1, 0.15) is 5.69 Å². The van der Waals surface area contributed by atoms with Crippen molar-refractivity contribution in [2.75, 3.05) is 6.54 Å². The number of unbranched alkanes of at least 4 members (excludes halogenated alkanes) is 1. The zero-order valence-electron chi connectivity index (χ0n) is 13.4. The smallest absolute Gasteiger partial charge is 0.267 e. The Balaban J connectivity index is 1.53. The minimum absolute atomic E-state index is 0.234. The zero-order chi connectivity index (χ0) is 16.8. The summed E-state index contributed by atoms with van der Waals surface area (Å²) in [5, 5.41) is 4.24. The molecule has 3 rings (SSSR count). The van der Waals surface area contributed by atoms with Crippen LogP contribution in [0.2, 0.25) is 0 Å². The Labute approximate surface area is 140 Å². The van der Waals surface area contributed by atoms with Gasteiger partial charge in [-0.15, -0.1) is 0 Å². The van der Waals surface area contributed by atoms with Crippen molar-refractivity contribution >= 4 is 16.7 Å². The molecule has 1 aromatic heterocycles. The first-order valence-electron chi connectivity index (χ1n) is 8.18. The molecule has 0 atom stereocenters. The summed E-state index contributed by atoms with van der Waals surface area (Å²) in [6, 6.07) is 19.3. The molecule has 0 aliphatic heterocycles. The third kappa shape index (κ3) is 3.90. The summed E-state index contributed by atoms with van der Waals surface area (Å²) in [4.78, 5) is 26.8. The average molecular weight is 320 g/mol. The molecule has 0 aliphatic rings. The quantitative estimate of drug-likeness (QED) is 0.685. The Morgan fingerprint density at radius 3 is 2.54 bits per heavy atom. The lowest BCUT2D eigenvalue weighted by Crippen LogP contribution is -2.27. The molecule has 1 heterocycles. The van der Waals surface area contributed by atoms with Crippen LogP contribution in [0.1, 0.15) is 28.9 Å². The van der Waals surface area contributed by atoms with Crippen molar-refractivity contribution in [2.24, 2.45) is 0 Å². The third-order valence-corrected chi connectivity index (χ3v) is 4.02. The Bertz CT molecular complexity index is 885. The fourth-order valence-electron chi connectivity index (χ4n) is 2.73. The molecule has 0 aliphatic carbocycles. The monoisotopic (exact) mass is 320 g/mol. The van der Waals surface area contributed by atoms with E-state index in [4.69, 9.17) is 0 Å². The lowest BCUT2D eigenvalue weighted by molar-refractivity contribution is 0.0948. The van der Waals surface area contributed by atoms with Crippen LogP contribution >= 0.6 is 0 Å². The number of pyridine rings is 1. The summed E-state index contributed by atoms with van der Waals surface area (Å²) in [5.41, 5.74) is 1.38. The molecule has 0 radical (unpaired) electrons. The van der Waals surface area contributed by atoms with E-state index in [0.717, 1.165) is 24.6 Å². The Hall–Kier alpha value is -2.88. The van der Waals surface area contributed by atoms with E-state index in [1.165, 1.54) is 5.56 Å². The molecule has 4 nitrogen and oxygen atoms in total. The normalized spacial score (nSPS) is 10.7. The van der Waals surface area contributed by atoms with Crippen molar-refractivity contribution in [1.82, 2.24) is 10.3 Å². The number of carbonyl (C=O) groups is 1. The van der Waals surface area contributed by atoms with E-state index in [2.05, 4.69) is 22.4 Å². The van der Waals surface area contributed by atoms with E-state index < -0.39 is 0 Å². The second-order valence-corrected chi connectivity index (χ2v) is 5.80. The molecule has 24 heavy (non-hydrogen) atoms. The molecule has 0 bridgehead atoms. The van der Waals surface area contributed by atoms with Gasteiger partial charge in [-0.3, -0.25) is 9.59 Å². The Morgan fingerprint density at radius 2 is 1.71 bits per heavy atom. The van der Waals surface area contributed by atoms with Crippen LogP contribution in [0.25, 0.3) is 10.8 Å². The molecular weight excluding hydrogens is 300 g/mol. The highest BCUT2D eigenvalue weighted by atomic mass is 16.2. The Kier molecular flexibility index (Phi) is 5.06. The van der Waals surface area contributed by atoms with Crippen LogP contribution in [0, 0.1) is 0 Å². The van der Waals surface area contributed by atoms with E-state index in [0.29, 0.717) is 17.6 Å². The molecule has 0 spiro atoms. The van der Waals surface area contributed by atoms with Gasteiger partial charge in [0.15, 0.2) is 0 Å². The van der Waals surface area contributed by atoms with Crippen molar-refractivity contribution in [1.29, 1.82) is 0 Å². The second-order valence-electron chi connectivity index (χ2n) is 5.80. The SMILES string of the molecule is O=C(NCCCCc1ccccc1)c1cc2ccccc2c(=O)[nH]1. The molecule has 3 aromatic rings. The van der Waals surface area contributed by atoms with Crippen molar-refractivity contribution in [2.45, 2.75) is 19.3 Å². The van der Waals surface area contributed by atoms with Crippen LogP contribution in [0.15, 0.2) is 65.5 Å². The first-order chi connectivity index (χ1) is 11.7. The number of hydrogen-bond donors (Lipinski definition) is 2. The van der Waals surface area contributed by atoms with Crippen molar-refractivity contribution in [3.8, 4) is 0 Å². The van der Waals surface area contributed by atoms with Crippen LogP contribution < -0.4 is 10.9 Å². The van der Waals surface area contributed by atoms with E-state index in [-0.39, 0.29) is 11.5 Å². The van der Waals surface area contributed by atoms with Gasteiger partial charge in [-0.2, -0.15) is 0 Å². The highest BCUT2D eigenvalue weighted by molar-refractivity contribution is 5.96. The topological polar surface area (TPSA) is 62.0 Å². The van der Waals surface area contributed by atoms with E-state index >= 15 is 0 Å². The van der Waals surface area contributed by atoms with Crippen LogP contribution in [0.3, 0.4) is 0 Å². The van der Waals surface area contributed by atoms with E-state index in [9.17, 15) is 9.59 Å². The fraction of sp³-hybridized carbons (Fsp3) is 0.200. The van der Waals surface area contributed by atoms with Gasteiger partial charge in [0.05, 0.1) is 0 Å². The van der Waals surface area contributed by atoms with Crippen molar-refractivity contribution < 1.29 is 4.79 Å². The van der Waals surface area contributed by atoms with Crippen LogP contribution in [-0.4, -0.2) is 17.4 Å². The number of aromatic nitrogens is 1. The molecule has 122 valence electrons. The maximum Gasteiger partial charge on any atom is 0.267 e. The number of amides is 1. The minimum atomic E-state index is -0.238. The van der Waals surface area contributed by atoms with Gasteiger partial charge < -0.3 is 10.3 Å². The zero-order valence-corrected chi connectivity index (χ0v) is 13.4. The molecule has 0 unspecified atom stereocenters. The standard InChI is InChI=1S/C20H20N2O2/c23-19-17-12-5-4-11-16(17)14-18(22-19)20(24)21-13-7-6-10-15-8-2-1-3-9-15/h1-5,8-9,11-12,14H,6-7,10,13H2,(H,21,24)(H,22,23). The molecule has 4 heteroatoms. The number of carbonyl (C=O) groups excluding carboxylic acids is 1. The number of rotatable bonds is 6. The van der Waals surface area contributed by atoms with Gasteiger partial charge in [0.25, 0.3) is 11.5 Å². The van der Waals surface area contributed by atoms with Crippen molar-refractivity contribution in [3.05, 3.63) is 82.3 Å². The van der Waals surface area contributed by atoms with Gasteiger partial charge in [-0.25, -0.2) is 0 Å². The summed E-state index contributed by atoms with van der Waals surface area (Å²) in [5.74, 6) is -0.238. The number of benzene rings is 2. The summed E-state index contributed by atoms with van der Waals surface area (Å²) in [7, 11) is 0. The number of aryl methyl sites for hydroxylation is 1. The summed E-state index contributed by atoms with van der Waals surface area (Å²) < 4.78 is 0. The number of fused-ring (bicyclic) bond motifs is 1. The highest BCUT2D eigenvalue weighted by Crippen LogP contribution is 2.10. The second kappa shape index (κ2) is 7.59. The lowest BCUT2D eigenvalue weighted by Gasteiger charge is -2.06. The van der Waals surface area contributed by atoms with Gasteiger partial charge in [0, 0.05) is 11.9 Å². The fourth-order valence-corrected chi connectivity index (χ4v) is 2.73. The first kappa shape index (κ1) is 16.0. The largest absolute Gasteiger partial charge is 0.351 e. The summed E-state index contributed by atoms with van der Waals surface area (Å²) >= 11 is 0. The molecule has 1 amide bonds. The van der Waals surface area contributed by atoms with Gasteiger partial charge in [-0.1, -0.05) is 48.5 Å². The third-order valence-electron chi connectivity index (χ3n) is 4.02. The predicted octanol–water partition coefficient (Wildman–Crippen LogP) is 3.28. The molecule has 0 saturated heterocycles.